The van der Waals surface area contributed by atoms with Gasteiger partial charge in [0.25, 0.3) is 0 Å². The van der Waals surface area contributed by atoms with E-state index in [9.17, 15) is 9.59 Å². The van der Waals surface area contributed by atoms with E-state index in [1.54, 1.807) is 41.5 Å². The van der Waals surface area contributed by atoms with Gasteiger partial charge < -0.3 is 14.8 Å². The third kappa shape index (κ3) is 8.35. The van der Waals surface area contributed by atoms with E-state index < -0.39 is 35.0 Å². The highest BCUT2D eigenvalue weighted by Gasteiger charge is 2.41. The van der Waals surface area contributed by atoms with Crippen LogP contribution in [0.25, 0.3) is 10.4 Å². The predicted molar refractivity (Wildman–Crippen MR) is 89.8 cm³/mol. The maximum Gasteiger partial charge on any atom is 0.408 e. The Kier molecular flexibility index (Phi) is 6.37. The standard InChI is InChI=1S/C15H26N6O4/c1-13(2,3)24-11(22)10(18-12(23)25-14(4,5)6)7-8-15(19-20-15)9-17-21-16/h10H,7-9H2,1-6H3,(H,18,23)/t10-/m0/s1. The van der Waals surface area contributed by atoms with Crippen LogP contribution in [0.2, 0.25) is 0 Å². The summed E-state index contributed by atoms with van der Waals surface area (Å²) in [5.74, 6) is -0.571. The molecule has 10 heteroatoms. The molecule has 0 bridgehead atoms. The Labute approximate surface area is 147 Å². The van der Waals surface area contributed by atoms with E-state index in [2.05, 4.69) is 25.6 Å². The number of hydrogen-bond donors (Lipinski definition) is 1. The summed E-state index contributed by atoms with van der Waals surface area (Å²) in [6.07, 6.45) is -0.148. The van der Waals surface area contributed by atoms with Crippen molar-refractivity contribution >= 4 is 12.1 Å². The van der Waals surface area contributed by atoms with Crippen molar-refractivity contribution in [2.75, 3.05) is 6.54 Å². The number of ether oxygens (including phenoxy) is 2. The third-order valence-electron chi connectivity index (χ3n) is 2.99. The minimum atomic E-state index is -0.914. The van der Waals surface area contributed by atoms with E-state index in [1.807, 2.05) is 0 Å². The molecular formula is C15H26N6O4. The molecular weight excluding hydrogens is 328 g/mol. The summed E-state index contributed by atoms with van der Waals surface area (Å²) in [4.78, 5) is 27.1. The monoisotopic (exact) mass is 354 g/mol. The van der Waals surface area contributed by atoms with E-state index in [0.717, 1.165) is 0 Å². The van der Waals surface area contributed by atoms with Crippen molar-refractivity contribution in [3.05, 3.63) is 10.4 Å². The lowest BCUT2D eigenvalue weighted by Gasteiger charge is -2.26. The van der Waals surface area contributed by atoms with Gasteiger partial charge in [-0.3, -0.25) is 0 Å². The Morgan fingerprint density at radius 1 is 1.16 bits per heavy atom. The van der Waals surface area contributed by atoms with Gasteiger partial charge in [0, 0.05) is 4.91 Å². The average molecular weight is 354 g/mol. The van der Waals surface area contributed by atoms with E-state index in [4.69, 9.17) is 15.0 Å². The van der Waals surface area contributed by atoms with Crippen LogP contribution >= 0.6 is 0 Å². The Morgan fingerprint density at radius 2 is 1.72 bits per heavy atom. The molecule has 0 saturated carbocycles. The van der Waals surface area contributed by atoms with E-state index in [1.165, 1.54) is 0 Å². The third-order valence-corrected chi connectivity index (χ3v) is 2.99. The molecule has 25 heavy (non-hydrogen) atoms. The number of amides is 1. The molecule has 140 valence electrons. The average Bonchev–Trinajstić information content (AvgIpc) is 3.17. The smallest absolute Gasteiger partial charge is 0.408 e. The maximum absolute atomic E-state index is 12.4. The summed E-state index contributed by atoms with van der Waals surface area (Å²) in [6, 6.07) is -0.914. The topological polar surface area (TPSA) is 138 Å². The summed E-state index contributed by atoms with van der Waals surface area (Å²) in [7, 11) is 0. The van der Waals surface area contributed by atoms with Crippen molar-refractivity contribution < 1.29 is 19.1 Å². The molecule has 1 rings (SSSR count). The first-order chi connectivity index (χ1) is 11.4. The van der Waals surface area contributed by atoms with Gasteiger partial charge >= 0.3 is 12.1 Å². The molecule has 0 aromatic rings. The highest BCUT2D eigenvalue weighted by molar-refractivity contribution is 5.81. The molecule has 1 aliphatic rings. The van der Waals surface area contributed by atoms with Crippen molar-refractivity contribution in [2.45, 2.75) is 77.3 Å². The van der Waals surface area contributed by atoms with Crippen LogP contribution in [0.4, 0.5) is 4.79 Å². The number of carbonyl (C=O) groups is 2. The molecule has 1 atom stereocenters. The molecule has 0 radical (unpaired) electrons. The Morgan fingerprint density at radius 3 is 2.16 bits per heavy atom. The summed E-state index contributed by atoms with van der Waals surface area (Å²) >= 11 is 0. The van der Waals surface area contributed by atoms with Gasteiger partial charge in [-0.2, -0.15) is 10.2 Å². The van der Waals surface area contributed by atoms with E-state index in [0.29, 0.717) is 6.42 Å². The lowest BCUT2D eigenvalue weighted by atomic mass is 10.0. The molecule has 1 heterocycles. The first-order valence-corrected chi connectivity index (χ1v) is 8.03. The van der Waals surface area contributed by atoms with Gasteiger partial charge in [0.2, 0.25) is 0 Å². The molecule has 1 aliphatic heterocycles. The minimum absolute atomic E-state index is 0.0803. The van der Waals surface area contributed by atoms with Gasteiger partial charge in [-0.05, 0) is 59.9 Å². The molecule has 0 unspecified atom stereocenters. The second-order valence-corrected chi connectivity index (χ2v) is 7.84. The maximum atomic E-state index is 12.4. The fourth-order valence-electron chi connectivity index (χ4n) is 1.91. The predicted octanol–water partition coefficient (Wildman–Crippen LogP) is 3.47. The molecule has 0 saturated heterocycles. The van der Waals surface area contributed by atoms with E-state index >= 15 is 0 Å². The molecule has 0 spiro atoms. The van der Waals surface area contributed by atoms with Crippen molar-refractivity contribution in [1.82, 2.24) is 5.32 Å². The molecule has 0 aromatic carbocycles. The van der Waals surface area contributed by atoms with Crippen LogP contribution in [0.3, 0.4) is 0 Å². The van der Waals surface area contributed by atoms with Gasteiger partial charge in [-0.25, -0.2) is 9.59 Å². The Balaban J connectivity index is 2.72. The Bertz CT molecular complexity index is 578. The first-order valence-electron chi connectivity index (χ1n) is 8.03. The van der Waals surface area contributed by atoms with Crippen LogP contribution in [0.15, 0.2) is 15.3 Å². The van der Waals surface area contributed by atoms with Gasteiger partial charge in [0.15, 0.2) is 5.66 Å². The zero-order valence-electron chi connectivity index (χ0n) is 15.6. The van der Waals surface area contributed by atoms with Crippen molar-refractivity contribution in [3.8, 4) is 0 Å². The quantitative estimate of drug-likeness (QED) is 0.323. The largest absolute Gasteiger partial charge is 0.458 e. The molecule has 1 amide bonds. The van der Waals surface area contributed by atoms with Crippen LogP contribution in [-0.2, 0) is 14.3 Å². The normalized spacial score (nSPS) is 16.4. The fourth-order valence-corrected chi connectivity index (χ4v) is 1.91. The van der Waals surface area contributed by atoms with Crippen LogP contribution in [-0.4, -0.2) is 41.5 Å². The molecule has 0 fully saturated rings. The summed E-state index contributed by atoms with van der Waals surface area (Å²) < 4.78 is 10.5. The number of nitrogens with zero attached hydrogens (tertiary/aromatic N) is 5. The zero-order valence-corrected chi connectivity index (χ0v) is 15.6. The van der Waals surface area contributed by atoms with Crippen LogP contribution in [0, 0.1) is 0 Å². The molecule has 1 N–H and O–H groups in total. The van der Waals surface area contributed by atoms with E-state index in [-0.39, 0.29) is 13.0 Å². The van der Waals surface area contributed by atoms with Gasteiger partial charge in [0.05, 0.1) is 6.54 Å². The summed E-state index contributed by atoms with van der Waals surface area (Å²) in [6.45, 7) is 10.5. The van der Waals surface area contributed by atoms with Gasteiger partial charge in [-0.1, -0.05) is 5.11 Å². The van der Waals surface area contributed by atoms with Gasteiger partial charge in [-0.15, -0.1) is 0 Å². The second kappa shape index (κ2) is 7.69. The van der Waals surface area contributed by atoms with Crippen LogP contribution in [0.1, 0.15) is 54.4 Å². The van der Waals surface area contributed by atoms with Crippen molar-refractivity contribution in [1.29, 1.82) is 0 Å². The van der Waals surface area contributed by atoms with Crippen LogP contribution < -0.4 is 5.32 Å². The molecule has 0 aromatic heterocycles. The number of hydrogen-bond acceptors (Lipinski definition) is 7. The SMILES string of the molecule is CC(C)(C)OC(=O)N[C@@H](CCC1(CN=[N+]=[N-])N=N1)C(=O)OC(C)(C)C. The lowest BCUT2D eigenvalue weighted by molar-refractivity contribution is -0.157. The number of azide groups is 1. The highest BCUT2D eigenvalue weighted by Crippen LogP contribution is 2.34. The second-order valence-electron chi connectivity index (χ2n) is 7.84. The van der Waals surface area contributed by atoms with Crippen LogP contribution in [0.5, 0.6) is 0 Å². The van der Waals surface area contributed by atoms with Crippen molar-refractivity contribution in [2.24, 2.45) is 15.3 Å². The zero-order chi connectivity index (χ0) is 19.3. The van der Waals surface area contributed by atoms with Gasteiger partial charge in [0.1, 0.15) is 17.2 Å². The lowest BCUT2D eigenvalue weighted by Crippen LogP contribution is -2.46. The number of nitrogens with one attached hydrogen (secondary N) is 1. The molecule has 0 aliphatic carbocycles. The number of rotatable bonds is 7. The first kappa shape index (κ1) is 20.7. The number of alkyl carbamates (subject to hydrolysis) is 1. The molecule has 10 nitrogen and oxygen atoms in total. The van der Waals surface area contributed by atoms with Crippen molar-refractivity contribution in [3.63, 3.8) is 0 Å². The fraction of sp³-hybridized carbons (Fsp3) is 0.867. The number of esters is 1. The minimum Gasteiger partial charge on any atom is -0.458 e. The highest BCUT2D eigenvalue weighted by atomic mass is 16.6. The summed E-state index contributed by atoms with van der Waals surface area (Å²) in [5, 5.41) is 13.8. The number of carbonyl (C=O) groups excluding carboxylic acids is 2. The Hall–Kier alpha value is -2.35. The summed E-state index contributed by atoms with van der Waals surface area (Å²) in [5.41, 5.74) is 6.22.